The molecule has 2 aromatic rings. The quantitative estimate of drug-likeness (QED) is 0.850. The summed E-state index contributed by atoms with van der Waals surface area (Å²) in [5.41, 5.74) is 0.0344. The van der Waals surface area contributed by atoms with Gasteiger partial charge in [0.15, 0.2) is 11.6 Å². The first-order chi connectivity index (χ1) is 8.97. The van der Waals surface area contributed by atoms with Crippen LogP contribution in [0.2, 0.25) is 10.3 Å². The highest BCUT2D eigenvalue weighted by atomic mass is 35.5. The molecule has 0 unspecified atom stereocenters. The van der Waals surface area contributed by atoms with Gasteiger partial charge in [-0.3, -0.25) is 0 Å². The number of benzene rings is 1. The molecule has 0 saturated carbocycles. The van der Waals surface area contributed by atoms with Crippen LogP contribution in [0.25, 0.3) is 0 Å². The van der Waals surface area contributed by atoms with E-state index < -0.39 is 11.8 Å². The molecule has 5 nitrogen and oxygen atoms in total. The Labute approximate surface area is 117 Å². The molecule has 0 fully saturated rings. The standard InChI is InChI=1S/C11H6Cl2FN3O2/c12-5-1-2-8(6(3-5)10(18)19)16-9-7(14)4-15-11(13)17-9/h1-4H,(H,18,19)(H,15,16,17). The molecule has 1 heterocycles. The molecule has 0 radical (unpaired) electrons. The number of hydrogen-bond acceptors (Lipinski definition) is 4. The van der Waals surface area contributed by atoms with Crippen LogP contribution in [-0.2, 0) is 0 Å². The summed E-state index contributed by atoms with van der Waals surface area (Å²) in [5.74, 6) is -2.17. The fourth-order valence-electron chi connectivity index (χ4n) is 1.36. The SMILES string of the molecule is O=C(O)c1cc(Cl)ccc1Nc1nc(Cl)ncc1F. The van der Waals surface area contributed by atoms with E-state index in [9.17, 15) is 9.18 Å². The fourth-order valence-corrected chi connectivity index (χ4v) is 1.67. The summed E-state index contributed by atoms with van der Waals surface area (Å²) in [6.45, 7) is 0. The Morgan fingerprint density at radius 1 is 1.37 bits per heavy atom. The van der Waals surface area contributed by atoms with E-state index in [1.54, 1.807) is 0 Å². The van der Waals surface area contributed by atoms with Crippen LogP contribution in [0.15, 0.2) is 24.4 Å². The maximum atomic E-state index is 13.4. The molecule has 0 spiro atoms. The van der Waals surface area contributed by atoms with Crippen molar-refractivity contribution in [3.8, 4) is 0 Å². The molecule has 0 aliphatic carbocycles. The zero-order chi connectivity index (χ0) is 14.0. The molecule has 0 aliphatic heterocycles. The van der Waals surface area contributed by atoms with Crippen molar-refractivity contribution < 1.29 is 14.3 Å². The van der Waals surface area contributed by atoms with Gasteiger partial charge in [0.05, 0.1) is 17.4 Å². The molecule has 8 heteroatoms. The van der Waals surface area contributed by atoms with Crippen molar-refractivity contribution in [2.75, 3.05) is 5.32 Å². The van der Waals surface area contributed by atoms with Crippen molar-refractivity contribution in [1.29, 1.82) is 0 Å². The van der Waals surface area contributed by atoms with Gasteiger partial charge in [0.1, 0.15) is 0 Å². The molecular formula is C11H6Cl2FN3O2. The summed E-state index contributed by atoms with van der Waals surface area (Å²) in [6.07, 6.45) is 0.883. The fraction of sp³-hybridized carbons (Fsp3) is 0. The second kappa shape index (κ2) is 5.38. The van der Waals surface area contributed by atoms with E-state index in [2.05, 4.69) is 15.3 Å². The van der Waals surface area contributed by atoms with Gasteiger partial charge in [0.2, 0.25) is 5.28 Å². The molecule has 1 aromatic heterocycles. The first kappa shape index (κ1) is 13.5. The number of nitrogens with zero attached hydrogens (tertiary/aromatic N) is 2. The number of aromatic nitrogens is 2. The number of nitrogens with one attached hydrogen (secondary N) is 1. The average molecular weight is 302 g/mol. The molecule has 0 aliphatic rings. The number of carboxylic acids is 1. The van der Waals surface area contributed by atoms with Crippen LogP contribution in [0.1, 0.15) is 10.4 Å². The minimum absolute atomic E-state index is 0.110. The summed E-state index contributed by atoms with van der Waals surface area (Å²) in [6, 6.07) is 4.12. The third-order valence-electron chi connectivity index (χ3n) is 2.18. The Morgan fingerprint density at radius 2 is 2.11 bits per heavy atom. The van der Waals surface area contributed by atoms with Crippen LogP contribution in [0.3, 0.4) is 0 Å². The monoisotopic (exact) mass is 301 g/mol. The van der Waals surface area contributed by atoms with Crippen molar-refractivity contribution in [2.24, 2.45) is 0 Å². The zero-order valence-corrected chi connectivity index (χ0v) is 10.7. The lowest BCUT2D eigenvalue weighted by Gasteiger charge is -2.09. The predicted octanol–water partition coefficient (Wildman–Crippen LogP) is 3.36. The molecular weight excluding hydrogens is 296 g/mol. The van der Waals surface area contributed by atoms with E-state index in [0.717, 1.165) is 6.20 Å². The number of rotatable bonds is 3. The van der Waals surface area contributed by atoms with Gasteiger partial charge < -0.3 is 10.4 Å². The van der Waals surface area contributed by atoms with Crippen molar-refractivity contribution >= 4 is 40.7 Å². The Kier molecular flexibility index (Phi) is 3.82. The van der Waals surface area contributed by atoms with Crippen molar-refractivity contribution in [3.05, 3.63) is 46.1 Å². The molecule has 2 rings (SSSR count). The molecule has 1 aromatic carbocycles. The number of carboxylic acid groups (broad SMARTS) is 1. The summed E-state index contributed by atoms with van der Waals surface area (Å²) in [5, 5.41) is 11.7. The summed E-state index contributed by atoms with van der Waals surface area (Å²) in [7, 11) is 0. The summed E-state index contributed by atoms with van der Waals surface area (Å²) < 4.78 is 13.4. The predicted molar refractivity (Wildman–Crippen MR) is 68.7 cm³/mol. The number of aromatic carboxylic acids is 1. The Balaban J connectivity index is 2.43. The third kappa shape index (κ3) is 3.10. The molecule has 0 amide bonds. The van der Waals surface area contributed by atoms with Crippen molar-refractivity contribution in [1.82, 2.24) is 9.97 Å². The maximum Gasteiger partial charge on any atom is 0.337 e. The maximum absolute atomic E-state index is 13.4. The van der Waals surface area contributed by atoms with E-state index in [4.69, 9.17) is 28.3 Å². The average Bonchev–Trinajstić information content (AvgIpc) is 2.35. The Bertz CT molecular complexity index is 652. The molecule has 0 bridgehead atoms. The van der Waals surface area contributed by atoms with Gasteiger partial charge >= 0.3 is 5.97 Å². The van der Waals surface area contributed by atoms with Crippen LogP contribution >= 0.6 is 23.2 Å². The third-order valence-corrected chi connectivity index (χ3v) is 2.60. The second-order valence-corrected chi connectivity index (χ2v) is 4.23. The molecule has 19 heavy (non-hydrogen) atoms. The topological polar surface area (TPSA) is 75.1 Å². The minimum atomic E-state index is -1.20. The highest BCUT2D eigenvalue weighted by Gasteiger charge is 2.13. The highest BCUT2D eigenvalue weighted by molar-refractivity contribution is 6.31. The van der Waals surface area contributed by atoms with Crippen LogP contribution in [0, 0.1) is 5.82 Å². The van der Waals surface area contributed by atoms with E-state index >= 15 is 0 Å². The largest absolute Gasteiger partial charge is 0.478 e. The Hall–Kier alpha value is -1.92. The van der Waals surface area contributed by atoms with Gasteiger partial charge in [0, 0.05) is 5.02 Å². The summed E-state index contributed by atoms with van der Waals surface area (Å²) in [4.78, 5) is 18.2. The van der Waals surface area contributed by atoms with Crippen LogP contribution < -0.4 is 5.32 Å². The molecule has 2 N–H and O–H groups in total. The van der Waals surface area contributed by atoms with Gasteiger partial charge in [-0.2, -0.15) is 4.98 Å². The number of halogens is 3. The van der Waals surface area contributed by atoms with Gasteiger partial charge in [-0.05, 0) is 29.8 Å². The Morgan fingerprint density at radius 3 is 2.79 bits per heavy atom. The highest BCUT2D eigenvalue weighted by Crippen LogP contribution is 2.25. The van der Waals surface area contributed by atoms with Crippen LogP contribution in [0.4, 0.5) is 15.9 Å². The van der Waals surface area contributed by atoms with Crippen LogP contribution in [0.5, 0.6) is 0 Å². The van der Waals surface area contributed by atoms with Gasteiger partial charge in [0.25, 0.3) is 0 Å². The van der Waals surface area contributed by atoms with E-state index in [0.29, 0.717) is 0 Å². The number of anilines is 2. The van der Waals surface area contributed by atoms with E-state index in [1.165, 1.54) is 18.2 Å². The lowest BCUT2D eigenvalue weighted by molar-refractivity contribution is 0.0698. The number of hydrogen-bond donors (Lipinski definition) is 2. The van der Waals surface area contributed by atoms with Crippen molar-refractivity contribution in [3.63, 3.8) is 0 Å². The summed E-state index contributed by atoms with van der Waals surface area (Å²) >= 11 is 11.3. The lowest BCUT2D eigenvalue weighted by Crippen LogP contribution is -2.05. The molecule has 98 valence electrons. The minimum Gasteiger partial charge on any atom is -0.478 e. The van der Waals surface area contributed by atoms with Gasteiger partial charge in [-0.25, -0.2) is 14.2 Å². The smallest absolute Gasteiger partial charge is 0.337 e. The first-order valence-electron chi connectivity index (χ1n) is 4.95. The van der Waals surface area contributed by atoms with Gasteiger partial charge in [-0.1, -0.05) is 11.6 Å². The van der Waals surface area contributed by atoms with Gasteiger partial charge in [-0.15, -0.1) is 0 Å². The van der Waals surface area contributed by atoms with Crippen molar-refractivity contribution in [2.45, 2.75) is 0 Å². The zero-order valence-electron chi connectivity index (χ0n) is 9.19. The lowest BCUT2D eigenvalue weighted by atomic mass is 10.2. The second-order valence-electron chi connectivity index (χ2n) is 3.46. The number of carbonyl (C=O) groups is 1. The van der Waals surface area contributed by atoms with E-state index in [1.807, 2.05) is 0 Å². The normalized spacial score (nSPS) is 10.3. The first-order valence-corrected chi connectivity index (χ1v) is 5.71. The van der Waals surface area contributed by atoms with Crippen LogP contribution in [-0.4, -0.2) is 21.0 Å². The molecule has 0 atom stereocenters. The molecule has 0 saturated heterocycles. The van der Waals surface area contributed by atoms with E-state index in [-0.39, 0.29) is 27.4 Å².